The molecule has 0 unspecified atom stereocenters. The summed E-state index contributed by atoms with van der Waals surface area (Å²) < 4.78 is 8.27. The molecule has 1 aliphatic rings. The fourth-order valence-electron chi connectivity index (χ4n) is 3.24. The average Bonchev–Trinajstić information content (AvgIpc) is 2.87. The van der Waals surface area contributed by atoms with Gasteiger partial charge in [0.25, 0.3) is 0 Å². The number of rotatable bonds is 5. The second-order valence-corrected chi connectivity index (χ2v) is 7.39. The van der Waals surface area contributed by atoms with Crippen LogP contribution in [0.1, 0.15) is 51.0 Å². The molecule has 6 nitrogen and oxygen atoms in total. The average molecular weight is 360 g/mol. The number of nitrogens with one attached hydrogen (secondary N) is 2. The number of nitrogens with zero attached hydrogens (tertiary/aromatic N) is 2. The number of H-pyrrole nitrogens is 1. The van der Waals surface area contributed by atoms with Crippen molar-refractivity contribution in [3.05, 3.63) is 40.4 Å². The van der Waals surface area contributed by atoms with Crippen LogP contribution < -0.4 is 10.1 Å². The van der Waals surface area contributed by atoms with Gasteiger partial charge >= 0.3 is 0 Å². The minimum absolute atomic E-state index is 0.0765. The Hall–Kier alpha value is -2.15. The first-order chi connectivity index (χ1) is 11.9. The first kappa shape index (κ1) is 17.7. The van der Waals surface area contributed by atoms with Crippen molar-refractivity contribution in [1.82, 2.24) is 20.1 Å². The van der Waals surface area contributed by atoms with Crippen LogP contribution in [-0.4, -0.2) is 26.3 Å². The lowest BCUT2D eigenvalue weighted by Crippen LogP contribution is -2.42. The number of aryl methyl sites for hydroxylation is 1. The van der Waals surface area contributed by atoms with Gasteiger partial charge in [-0.1, -0.05) is 25.1 Å². The number of ether oxygens (including phenoxy) is 1. The number of hydrogen-bond acceptors (Lipinski definition) is 4. The third kappa shape index (κ3) is 3.92. The van der Waals surface area contributed by atoms with Crippen LogP contribution in [0.2, 0.25) is 0 Å². The van der Waals surface area contributed by atoms with Crippen LogP contribution in [0.3, 0.4) is 0 Å². The monoisotopic (exact) mass is 360 g/mol. The minimum Gasteiger partial charge on any atom is -0.487 e. The van der Waals surface area contributed by atoms with Gasteiger partial charge in [-0.15, -0.1) is 0 Å². The second kappa shape index (κ2) is 7.00. The van der Waals surface area contributed by atoms with E-state index < -0.39 is 0 Å². The zero-order valence-corrected chi connectivity index (χ0v) is 15.7. The number of hydrogen-bond donors (Lipinski definition) is 2. The number of fused-ring (bicyclic) bond motifs is 1. The van der Waals surface area contributed by atoms with Crippen molar-refractivity contribution in [2.75, 3.05) is 0 Å². The Morgan fingerprint density at radius 1 is 1.48 bits per heavy atom. The number of carbonyl (C=O) groups is 1. The molecule has 25 heavy (non-hydrogen) atoms. The van der Waals surface area contributed by atoms with Crippen molar-refractivity contribution in [3.63, 3.8) is 0 Å². The van der Waals surface area contributed by atoms with Crippen LogP contribution >= 0.6 is 12.2 Å². The zero-order valence-electron chi connectivity index (χ0n) is 14.8. The van der Waals surface area contributed by atoms with E-state index in [1.165, 1.54) is 0 Å². The number of amides is 1. The molecule has 0 aliphatic carbocycles. The molecule has 2 heterocycles. The Morgan fingerprint density at radius 2 is 2.24 bits per heavy atom. The van der Waals surface area contributed by atoms with E-state index in [9.17, 15) is 4.79 Å². The fraction of sp³-hybridized carbons (Fsp3) is 0.500. The predicted octanol–water partition coefficient (Wildman–Crippen LogP) is 3.31. The summed E-state index contributed by atoms with van der Waals surface area (Å²) in [5.74, 6) is 1.57. The quantitative estimate of drug-likeness (QED) is 0.803. The summed E-state index contributed by atoms with van der Waals surface area (Å²) in [4.78, 5) is 12.6. The Balaban J connectivity index is 1.77. The van der Waals surface area contributed by atoms with Crippen LogP contribution in [0.5, 0.6) is 5.75 Å². The zero-order chi connectivity index (χ0) is 18.0. The van der Waals surface area contributed by atoms with Crippen LogP contribution in [-0.2, 0) is 17.8 Å². The van der Waals surface area contributed by atoms with Gasteiger partial charge < -0.3 is 10.1 Å². The van der Waals surface area contributed by atoms with Crippen molar-refractivity contribution in [2.45, 2.75) is 58.2 Å². The van der Waals surface area contributed by atoms with E-state index in [1.807, 2.05) is 38.1 Å². The first-order valence-electron chi connectivity index (χ1n) is 8.61. The van der Waals surface area contributed by atoms with Crippen LogP contribution in [0.15, 0.2) is 24.3 Å². The molecule has 3 rings (SSSR count). The molecule has 1 aliphatic heterocycles. The molecule has 1 amide bonds. The van der Waals surface area contributed by atoms with Crippen molar-refractivity contribution in [1.29, 1.82) is 0 Å². The van der Waals surface area contributed by atoms with Gasteiger partial charge in [0, 0.05) is 18.4 Å². The summed E-state index contributed by atoms with van der Waals surface area (Å²) in [6, 6.07) is 7.78. The molecule has 1 aromatic carbocycles. The van der Waals surface area contributed by atoms with E-state index in [0.29, 0.717) is 11.2 Å². The van der Waals surface area contributed by atoms with Crippen LogP contribution in [0.25, 0.3) is 0 Å². The Labute approximate surface area is 152 Å². The van der Waals surface area contributed by atoms with Crippen molar-refractivity contribution in [2.24, 2.45) is 0 Å². The van der Waals surface area contributed by atoms with E-state index >= 15 is 0 Å². The third-order valence-electron chi connectivity index (χ3n) is 4.32. The van der Waals surface area contributed by atoms with E-state index in [1.54, 1.807) is 4.57 Å². The lowest BCUT2D eigenvalue weighted by molar-refractivity contribution is -0.123. The lowest BCUT2D eigenvalue weighted by Gasteiger charge is -2.37. The molecule has 0 spiro atoms. The summed E-state index contributed by atoms with van der Waals surface area (Å²) in [6.07, 6.45) is 2.45. The molecule has 2 aromatic rings. The van der Waals surface area contributed by atoms with Gasteiger partial charge in [-0.25, -0.2) is 0 Å². The van der Waals surface area contributed by atoms with Gasteiger partial charge in [-0.05, 0) is 38.6 Å². The highest BCUT2D eigenvalue weighted by atomic mass is 32.1. The number of carbonyl (C=O) groups excluding carboxylic acids is 1. The van der Waals surface area contributed by atoms with Crippen molar-refractivity contribution in [3.8, 4) is 5.75 Å². The molecule has 0 saturated carbocycles. The third-order valence-corrected chi connectivity index (χ3v) is 4.64. The Bertz CT molecular complexity index is 824. The van der Waals surface area contributed by atoms with E-state index in [4.69, 9.17) is 17.0 Å². The molecule has 7 heteroatoms. The summed E-state index contributed by atoms with van der Waals surface area (Å²) in [6.45, 7) is 6.31. The molecule has 0 saturated heterocycles. The van der Waals surface area contributed by atoms with Gasteiger partial charge in [0.15, 0.2) is 4.77 Å². The highest BCUT2D eigenvalue weighted by Gasteiger charge is 2.34. The lowest BCUT2D eigenvalue weighted by atomic mass is 9.89. The molecule has 0 fully saturated rings. The van der Waals surface area contributed by atoms with Gasteiger partial charge in [0.05, 0.1) is 6.04 Å². The second-order valence-electron chi connectivity index (χ2n) is 7.00. The topological polar surface area (TPSA) is 71.9 Å². The van der Waals surface area contributed by atoms with Gasteiger partial charge in [0.1, 0.15) is 23.7 Å². The summed E-state index contributed by atoms with van der Waals surface area (Å²) in [7, 11) is 0. The smallest absolute Gasteiger partial charge is 0.240 e. The van der Waals surface area contributed by atoms with Crippen molar-refractivity contribution < 1.29 is 9.53 Å². The van der Waals surface area contributed by atoms with Crippen molar-refractivity contribution >= 4 is 18.1 Å². The first-order valence-corrected chi connectivity index (χ1v) is 9.02. The predicted molar refractivity (Wildman–Crippen MR) is 98.1 cm³/mol. The fourth-order valence-corrected chi connectivity index (χ4v) is 3.46. The standard InChI is InChI=1S/C18H24N4O2S/c1-4-7-15-20-21-17(25)22(15)11-16(23)19-13-10-18(2,3)24-14-9-6-5-8-12(13)14/h5-6,8-9,13H,4,7,10-11H2,1-3H3,(H,19,23)(H,21,25)/t13-/m0/s1. The highest BCUT2D eigenvalue weighted by molar-refractivity contribution is 7.71. The summed E-state index contributed by atoms with van der Waals surface area (Å²) in [5, 5.41) is 10.1. The molecule has 134 valence electrons. The maximum atomic E-state index is 12.6. The van der Waals surface area contributed by atoms with Gasteiger partial charge in [0.2, 0.25) is 5.91 Å². The summed E-state index contributed by atoms with van der Waals surface area (Å²) in [5.41, 5.74) is 0.686. The Morgan fingerprint density at radius 3 is 3.00 bits per heavy atom. The van der Waals surface area contributed by atoms with Gasteiger partial charge in [-0.2, -0.15) is 5.10 Å². The van der Waals surface area contributed by atoms with E-state index in [-0.39, 0.29) is 24.1 Å². The number of benzene rings is 1. The molecule has 1 atom stereocenters. The molecule has 1 aromatic heterocycles. The normalized spacial score (nSPS) is 18.3. The molecule has 0 bridgehead atoms. The number of aromatic nitrogens is 3. The highest BCUT2D eigenvalue weighted by Crippen LogP contribution is 2.39. The van der Waals surface area contributed by atoms with E-state index in [0.717, 1.165) is 30.0 Å². The maximum Gasteiger partial charge on any atom is 0.240 e. The number of para-hydroxylation sites is 1. The van der Waals surface area contributed by atoms with Crippen LogP contribution in [0.4, 0.5) is 0 Å². The maximum absolute atomic E-state index is 12.6. The molecule has 2 N–H and O–H groups in total. The van der Waals surface area contributed by atoms with Crippen LogP contribution in [0, 0.1) is 4.77 Å². The SMILES string of the molecule is CCCc1n[nH]c(=S)n1CC(=O)N[C@H]1CC(C)(C)Oc2ccccc21. The number of aromatic amines is 1. The molecular formula is C18H24N4O2S. The molecule has 0 radical (unpaired) electrons. The largest absolute Gasteiger partial charge is 0.487 e. The molecular weight excluding hydrogens is 336 g/mol. The minimum atomic E-state index is -0.328. The van der Waals surface area contributed by atoms with Gasteiger partial charge in [-0.3, -0.25) is 14.5 Å². The Kier molecular flexibility index (Phi) is 4.94. The summed E-state index contributed by atoms with van der Waals surface area (Å²) >= 11 is 5.25. The van der Waals surface area contributed by atoms with E-state index in [2.05, 4.69) is 22.4 Å².